The van der Waals surface area contributed by atoms with E-state index >= 15 is 0 Å². The Labute approximate surface area is 371 Å². The second-order valence-electron chi connectivity index (χ2n) is 17.2. The lowest BCUT2D eigenvalue weighted by molar-refractivity contribution is 0.607. The van der Waals surface area contributed by atoms with Gasteiger partial charge in [-0.2, -0.15) is 0 Å². The second-order valence-corrected chi connectivity index (χ2v) is 17.2. The lowest BCUT2D eigenvalue weighted by atomic mass is 9.78. The molecule has 0 saturated heterocycles. The maximum Gasteiger partial charge on any atom is 0.0540 e. The van der Waals surface area contributed by atoms with Crippen LogP contribution in [0.1, 0.15) is 37.8 Å². The van der Waals surface area contributed by atoms with E-state index in [0.717, 1.165) is 41.3 Å². The first-order chi connectivity index (χ1) is 31.0. The van der Waals surface area contributed by atoms with Crippen molar-refractivity contribution in [1.29, 1.82) is 0 Å². The van der Waals surface area contributed by atoms with Crippen molar-refractivity contribution in [3.8, 4) is 33.4 Å². The maximum absolute atomic E-state index is 2.45. The molecule has 0 N–H and O–H groups in total. The highest BCUT2D eigenvalue weighted by Crippen LogP contribution is 2.52. The van der Waals surface area contributed by atoms with Gasteiger partial charge in [-0.1, -0.05) is 183 Å². The summed E-state index contributed by atoms with van der Waals surface area (Å²) in [4.78, 5) is 4.81. The van der Waals surface area contributed by atoms with Crippen LogP contribution in [0.25, 0.3) is 49.7 Å². The number of nitrogens with zero attached hydrogens (tertiary/aromatic N) is 2. The van der Waals surface area contributed by atoms with Gasteiger partial charge in [-0.15, -0.1) is 0 Å². The summed E-state index contributed by atoms with van der Waals surface area (Å²) in [6.45, 7) is 4.81. The Morgan fingerprint density at radius 3 is 1.62 bits per heavy atom. The van der Waals surface area contributed by atoms with Gasteiger partial charge in [0.2, 0.25) is 0 Å². The highest BCUT2D eigenvalue weighted by molar-refractivity contribution is 6.06. The van der Waals surface area contributed by atoms with Crippen LogP contribution in [0.5, 0.6) is 0 Å². The van der Waals surface area contributed by atoms with Crippen LogP contribution in [0.15, 0.2) is 236 Å². The van der Waals surface area contributed by atoms with Gasteiger partial charge in [0.25, 0.3) is 0 Å². The molecule has 0 fully saturated rings. The zero-order valence-electron chi connectivity index (χ0n) is 35.7. The molecule has 0 spiro atoms. The van der Waals surface area contributed by atoms with Crippen molar-refractivity contribution < 1.29 is 0 Å². The topological polar surface area (TPSA) is 6.48 Å². The van der Waals surface area contributed by atoms with Crippen molar-refractivity contribution in [2.45, 2.75) is 32.1 Å². The lowest BCUT2D eigenvalue weighted by Crippen LogP contribution is -2.19. The predicted octanol–water partition coefficient (Wildman–Crippen LogP) is 17.2. The first-order valence-electron chi connectivity index (χ1n) is 22.1. The molecule has 0 amide bonds. The van der Waals surface area contributed by atoms with Gasteiger partial charge < -0.3 is 9.80 Å². The van der Waals surface area contributed by atoms with E-state index in [-0.39, 0.29) is 5.41 Å². The van der Waals surface area contributed by atoms with Gasteiger partial charge in [0.15, 0.2) is 0 Å². The summed E-state index contributed by atoms with van der Waals surface area (Å²) < 4.78 is 0. The third-order valence-electron chi connectivity index (χ3n) is 13.2. The normalized spacial score (nSPS) is 13.7. The van der Waals surface area contributed by atoms with Crippen molar-refractivity contribution in [1.82, 2.24) is 0 Å². The third-order valence-corrected chi connectivity index (χ3v) is 13.2. The molecule has 302 valence electrons. The first-order valence-corrected chi connectivity index (χ1v) is 22.1. The Morgan fingerprint density at radius 1 is 0.381 bits per heavy atom. The van der Waals surface area contributed by atoms with Gasteiger partial charge in [0.1, 0.15) is 0 Å². The molecule has 11 rings (SSSR count). The van der Waals surface area contributed by atoms with Crippen LogP contribution >= 0.6 is 0 Å². The van der Waals surface area contributed by atoms with Crippen LogP contribution in [0.2, 0.25) is 0 Å². The number of benzene rings is 9. The Hall–Kier alpha value is -7.68. The van der Waals surface area contributed by atoms with Crippen LogP contribution in [0.3, 0.4) is 0 Å². The van der Waals surface area contributed by atoms with E-state index in [1.165, 1.54) is 66.5 Å². The van der Waals surface area contributed by atoms with E-state index in [9.17, 15) is 0 Å². The molecular formula is C61H48N2. The number of hydrogen-bond acceptors (Lipinski definition) is 2. The molecule has 0 saturated carbocycles. The predicted molar refractivity (Wildman–Crippen MR) is 268 cm³/mol. The van der Waals surface area contributed by atoms with Gasteiger partial charge in [-0.05, 0) is 135 Å². The fourth-order valence-corrected chi connectivity index (χ4v) is 10.0. The summed E-state index contributed by atoms with van der Waals surface area (Å²) in [5.74, 6) is 0. The third kappa shape index (κ3) is 6.95. The smallest absolute Gasteiger partial charge is 0.0540 e. The molecular weight excluding hydrogens is 761 g/mol. The van der Waals surface area contributed by atoms with Crippen LogP contribution in [-0.2, 0) is 5.41 Å². The van der Waals surface area contributed by atoms with Crippen LogP contribution in [-0.4, -0.2) is 0 Å². The van der Waals surface area contributed by atoms with E-state index in [1.807, 2.05) is 0 Å². The van der Waals surface area contributed by atoms with Crippen molar-refractivity contribution in [3.63, 3.8) is 0 Å². The fraction of sp³-hybridized carbons (Fsp3) is 0.0820. The first kappa shape index (κ1) is 38.3. The van der Waals surface area contributed by atoms with Crippen molar-refractivity contribution >= 4 is 50.5 Å². The molecule has 0 atom stereocenters. The highest BCUT2D eigenvalue weighted by Gasteiger charge is 2.37. The Morgan fingerprint density at radius 2 is 0.905 bits per heavy atom. The van der Waals surface area contributed by atoms with E-state index in [2.05, 4.69) is 254 Å². The molecule has 0 heterocycles. The maximum atomic E-state index is 2.45. The quantitative estimate of drug-likeness (QED) is 0.143. The van der Waals surface area contributed by atoms with Gasteiger partial charge in [0.05, 0.1) is 5.69 Å². The number of allylic oxidation sites excluding steroid dienone is 4. The average molecular weight is 809 g/mol. The molecule has 0 aromatic heterocycles. The van der Waals surface area contributed by atoms with Gasteiger partial charge >= 0.3 is 0 Å². The van der Waals surface area contributed by atoms with E-state index in [4.69, 9.17) is 0 Å². The van der Waals surface area contributed by atoms with Crippen LogP contribution < -0.4 is 9.80 Å². The van der Waals surface area contributed by atoms with E-state index in [0.29, 0.717) is 0 Å². The molecule has 0 unspecified atom stereocenters. The zero-order valence-corrected chi connectivity index (χ0v) is 35.7. The van der Waals surface area contributed by atoms with Gasteiger partial charge in [0, 0.05) is 39.2 Å². The zero-order chi connectivity index (χ0) is 42.3. The molecule has 9 aromatic carbocycles. The molecule has 63 heavy (non-hydrogen) atoms. The largest absolute Gasteiger partial charge is 0.310 e. The van der Waals surface area contributed by atoms with Crippen LogP contribution in [0.4, 0.5) is 34.1 Å². The van der Waals surface area contributed by atoms with Crippen molar-refractivity contribution in [3.05, 3.63) is 247 Å². The molecule has 0 radical (unpaired) electrons. The minimum atomic E-state index is -0.0161. The summed E-state index contributed by atoms with van der Waals surface area (Å²) in [5.41, 5.74) is 19.7. The molecule has 9 aromatic rings. The number of hydrogen-bond donors (Lipinski definition) is 0. The monoisotopic (exact) mass is 808 g/mol. The van der Waals surface area contributed by atoms with Gasteiger partial charge in [-0.25, -0.2) is 0 Å². The number of rotatable bonds is 9. The highest BCUT2D eigenvalue weighted by atomic mass is 15.1. The molecule has 2 nitrogen and oxygen atoms in total. The SMILES string of the molecule is CC1(C)C2=C(C=CCC2)c2ccc(N(c3ccccc3)c3cccc4c(-c5ccc(N(c6ccc(-c7ccccc7)cc6)c6cccc(-c7ccccc7)c6)cc5)cccc34)cc21. The lowest BCUT2D eigenvalue weighted by Gasteiger charge is -2.30. The average Bonchev–Trinajstić information content (AvgIpc) is 3.58. The Kier molecular flexibility index (Phi) is 9.70. The Bertz CT molecular complexity index is 3160. The summed E-state index contributed by atoms with van der Waals surface area (Å²) >= 11 is 0. The summed E-state index contributed by atoms with van der Waals surface area (Å²) in [6, 6.07) is 79.6. The fourth-order valence-electron chi connectivity index (χ4n) is 10.0. The van der Waals surface area contributed by atoms with E-state index in [1.54, 1.807) is 5.57 Å². The summed E-state index contributed by atoms with van der Waals surface area (Å²) in [5, 5.41) is 2.43. The molecule has 2 heteroatoms. The molecule has 0 aliphatic heterocycles. The second kappa shape index (κ2) is 16.0. The number of para-hydroxylation sites is 1. The van der Waals surface area contributed by atoms with Crippen molar-refractivity contribution in [2.24, 2.45) is 0 Å². The van der Waals surface area contributed by atoms with Crippen LogP contribution in [0, 0.1) is 0 Å². The molecule has 2 aliphatic carbocycles. The number of anilines is 6. The van der Waals surface area contributed by atoms with E-state index < -0.39 is 0 Å². The summed E-state index contributed by atoms with van der Waals surface area (Å²) in [7, 11) is 0. The molecule has 2 aliphatic rings. The minimum absolute atomic E-state index is 0.0161. The minimum Gasteiger partial charge on any atom is -0.310 e. The standard InChI is InChI=1S/C61H48N2/c1-61(2)58-29-13-12-25-55(58)56-40-39-52(42-59(56)61)63(48-22-10-5-11-23-48)60-30-16-27-54-53(26-15-28-57(54)60)46-33-37-50(38-34-46)62(49-35-31-45(32-36-49)43-17-6-3-7-18-43)51-24-14-21-47(41-51)44-19-8-4-9-20-44/h3-12,14-28,30-42H,13,29H2,1-2H3. The molecule has 0 bridgehead atoms. The Balaban J connectivity index is 0.989. The number of fused-ring (bicyclic) bond motifs is 3. The van der Waals surface area contributed by atoms with Crippen molar-refractivity contribution in [2.75, 3.05) is 9.80 Å². The summed E-state index contributed by atoms with van der Waals surface area (Å²) in [6.07, 6.45) is 6.93. The van der Waals surface area contributed by atoms with Gasteiger partial charge in [-0.3, -0.25) is 0 Å².